The third-order valence-electron chi connectivity index (χ3n) is 5.47. The molecule has 1 amide bonds. The van der Waals surface area contributed by atoms with Gasteiger partial charge < -0.3 is 4.90 Å². The van der Waals surface area contributed by atoms with Crippen LogP contribution in [0.25, 0.3) is 10.2 Å². The summed E-state index contributed by atoms with van der Waals surface area (Å²) in [6.45, 7) is 1.10. The van der Waals surface area contributed by atoms with E-state index in [2.05, 4.69) is 20.9 Å². The first kappa shape index (κ1) is 25.3. The number of thiazole rings is 1. The fourth-order valence-corrected chi connectivity index (χ4v) is 6.18. The summed E-state index contributed by atoms with van der Waals surface area (Å²) >= 11 is 4.93. The Bertz CT molecular complexity index is 1440. The molecular weight excluding hydrogens is 548 g/mol. The number of hydrogen-bond donors (Lipinski definition) is 0. The fraction of sp³-hybridized carbons (Fsp3) is 0.200. The highest BCUT2D eigenvalue weighted by atomic mass is 79.9. The Morgan fingerprint density at radius 2 is 1.63 bits per heavy atom. The van der Waals surface area contributed by atoms with Gasteiger partial charge in [-0.1, -0.05) is 45.5 Å². The number of amides is 1. The number of benzene rings is 3. The zero-order valence-electron chi connectivity index (χ0n) is 19.6. The lowest BCUT2D eigenvalue weighted by Gasteiger charge is -2.22. The van der Waals surface area contributed by atoms with E-state index in [0.717, 1.165) is 14.7 Å². The zero-order chi connectivity index (χ0) is 25.2. The molecule has 0 aliphatic heterocycles. The molecule has 0 N–H and O–H groups in total. The average molecular weight is 574 g/mol. The molecule has 1 heterocycles. The quantitative estimate of drug-likeness (QED) is 0.294. The van der Waals surface area contributed by atoms with Crippen molar-refractivity contribution in [2.24, 2.45) is 0 Å². The second-order valence-electron chi connectivity index (χ2n) is 8.20. The molecule has 0 aliphatic carbocycles. The SMILES string of the molecule is CN(C)CCN(C(=O)c1ccc(S(=O)(=O)N(C)c2ccccc2)cc1)c1nc2ccc(Br)cc2s1. The number of likely N-dealkylation sites (N-methyl/N-ethyl adjacent to an activating group) is 1. The second-order valence-corrected chi connectivity index (χ2v) is 12.1. The summed E-state index contributed by atoms with van der Waals surface area (Å²) in [5, 5.41) is 0.602. The minimum atomic E-state index is -3.76. The number of fused-ring (bicyclic) bond motifs is 1. The number of carbonyl (C=O) groups is 1. The van der Waals surface area contributed by atoms with Crippen molar-refractivity contribution in [3.63, 3.8) is 0 Å². The van der Waals surface area contributed by atoms with Crippen LogP contribution in [0.1, 0.15) is 10.4 Å². The first-order valence-corrected chi connectivity index (χ1v) is 13.9. The maximum Gasteiger partial charge on any atom is 0.264 e. The highest BCUT2D eigenvalue weighted by Gasteiger charge is 2.24. The van der Waals surface area contributed by atoms with E-state index >= 15 is 0 Å². The molecule has 0 spiro atoms. The predicted molar refractivity (Wildman–Crippen MR) is 146 cm³/mol. The van der Waals surface area contributed by atoms with Gasteiger partial charge in [0.15, 0.2) is 5.13 Å². The van der Waals surface area contributed by atoms with E-state index in [-0.39, 0.29) is 10.8 Å². The zero-order valence-corrected chi connectivity index (χ0v) is 22.8. The minimum absolute atomic E-state index is 0.116. The molecule has 0 atom stereocenters. The van der Waals surface area contributed by atoms with E-state index in [9.17, 15) is 13.2 Å². The molecule has 35 heavy (non-hydrogen) atoms. The number of carbonyl (C=O) groups excluding carboxylic acids is 1. The number of nitrogens with zero attached hydrogens (tertiary/aromatic N) is 4. The Morgan fingerprint density at radius 1 is 0.943 bits per heavy atom. The normalized spacial score (nSPS) is 11.7. The predicted octanol–water partition coefficient (Wildman–Crippen LogP) is 5.09. The lowest BCUT2D eigenvalue weighted by molar-refractivity contribution is 0.0985. The monoisotopic (exact) mass is 572 g/mol. The molecule has 1 aromatic heterocycles. The second kappa shape index (κ2) is 10.4. The minimum Gasteiger partial charge on any atom is -0.308 e. The number of aromatic nitrogens is 1. The van der Waals surface area contributed by atoms with Crippen LogP contribution >= 0.6 is 27.3 Å². The standard InChI is InChI=1S/C25H25BrN4O3S2/c1-28(2)15-16-30(25-27-22-14-11-19(26)17-23(22)34-25)24(31)18-9-12-21(13-10-18)35(32,33)29(3)20-7-5-4-6-8-20/h4-14,17H,15-16H2,1-3H3. The number of para-hydroxylation sites is 1. The van der Waals surface area contributed by atoms with Crippen LogP contribution in [0.5, 0.6) is 0 Å². The summed E-state index contributed by atoms with van der Waals surface area (Å²) < 4.78 is 29.3. The van der Waals surface area contributed by atoms with Crippen LogP contribution in [0.2, 0.25) is 0 Å². The molecule has 0 aliphatic rings. The molecule has 0 fully saturated rings. The summed E-state index contributed by atoms with van der Waals surface area (Å²) in [5.74, 6) is -0.231. The number of rotatable bonds is 8. The lowest BCUT2D eigenvalue weighted by Crippen LogP contribution is -2.36. The first-order chi connectivity index (χ1) is 16.7. The fourth-order valence-electron chi connectivity index (χ4n) is 3.45. The van der Waals surface area contributed by atoms with Crippen LogP contribution < -0.4 is 9.21 Å². The molecule has 0 saturated carbocycles. The van der Waals surface area contributed by atoms with Gasteiger partial charge in [-0.15, -0.1) is 0 Å². The Kier molecular flexibility index (Phi) is 7.56. The average Bonchev–Trinajstić information content (AvgIpc) is 3.26. The molecular formula is C25H25BrN4O3S2. The summed E-state index contributed by atoms with van der Waals surface area (Å²) in [6.07, 6.45) is 0. The molecule has 0 saturated heterocycles. The van der Waals surface area contributed by atoms with Gasteiger partial charge >= 0.3 is 0 Å². The molecule has 0 bridgehead atoms. The van der Waals surface area contributed by atoms with Gasteiger partial charge in [0, 0.05) is 30.2 Å². The molecule has 4 aromatic rings. The van der Waals surface area contributed by atoms with Crippen LogP contribution in [-0.2, 0) is 10.0 Å². The van der Waals surface area contributed by atoms with Crippen molar-refractivity contribution < 1.29 is 13.2 Å². The van der Waals surface area contributed by atoms with Crippen molar-refractivity contribution >= 4 is 64.2 Å². The largest absolute Gasteiger partial charge is 0.308 e. The summed E-state index contributed by atoms with van der Waals surface area (Å²) in [4.78, 5) is 22.0. The maximum absolute atomic E-state index is 13.5. The van der Waals surface area contributed by atoms with Gasteiger partial charge in [-0.3, -0.25) is 14.0 Å². The van der Waals surface area contributed by atoms with Crippen molar-refractivity contribution in [2.75, 3.05) is 43.4 Å². The van der Waals surface area contributed by atoms with Crippen molar-refractivity contribution in [2.45, 2.75) is 4.90 Å². The van der Waals surface area contributed by atoms with Gasteiger partial charge in [-0.25, -0.2) is 13.4 Å². The summed E-state index contributed by atoms with van der Waals surface area (Å²) in [5.41, 5.74) is 1.77. The topological polar surface area (TPSA) is 73.8 Å². The van der Waals surface area contributed by atoms with E-state index in [1.54, 1.807) is 41.3 Å². The van der Waals surface area contributed by atoms with E-state index in [1.807, 2.05) is 43.3 Å². The molecule has 10 heteroatoms. The molecule has 182 valence electrons. The van der Waals surface area contributed by atoms with E-state index in [1.165, 1.54) is 34.8 Å². The van der Waals surface area contributed by atoms with Crippen LogP contribution in [0.4, 0.5) is 10.8 Å². The van der Waals surface area contributed by atoms with Gasteiger partial charge in [-0.2, -0.15) is 0 Å². The molecule has 3 aromatic carbocycles. The Balaban J connectivity index is 1.63. The number of sulfonamides is 1. The van der Waals surface area contributed by atoms with Crippen LogP contribution in [-0.4, -0.2) is 58.4 Å². The highest BCUT2D eigenvalue weighted by Crippen LogP contribution is 2.32. The van der Waals surface area contributed by atoms with Gasteiger partial charge in [0.25, 0.3) is 15.9 Å². The van der Waals surface area contributed by atoms with Crippen LogP contribution in [0.3, 0.4) is 0 Å². The summed E-state index contributed by atoms with van der Waals surface area (Å²) in [7, 11) is 1.64. The van der Waals surface area contributed by atoms with Crippen LogP contribution in [0, 0.1) is 0 Å². The molecule has 7 nitrogen and oxygen atoms in total. The van der Waals surface area contributed by atoms with Crippen LogP contribution in [0.15, 0.2) is 82.2 Å². The van der Waals surface area contributed by atoms with E-state index in [4.69, 9.17) is 0 Å². The number of hydrogen-bond acceptors (Lipinski definition) is 6. The molecule has 4 rings (SSSR count). The lowest BCUT2D eigenvalue weighted by atomic mass is 10.2. The van der Waals surface area contributed by atoms with Crippen molar-refractivity contribution in [3.8, 4) is 0 Å². The van der Waals surface area contributed by atoms with Gasteiger partial charge in [0.05, 0.1) is 20.8 Å². The van der Waals surface area contributed by atoms with Crippen molar-refractivity contribution in [1.29, 1.82) is 0 Å². The maximum atomic E-state index is 13.5. The smallest absolute Gasteiger partial charge is 0.264 e. The van der Waals surface area contributed by atoms with Crippen molar-refractivity contribution in [3.05, 3.63) is 82.8 Å². The first-order valence-electron chi connectivity index (χ1n) is 10.8. The number of halogens is 1. The molecule has 0 unspecified atom stereocenters. The third-order valence-corrected chi connectivity index (χ3v) is 8.80. The van der Waals surface area contributed by atoms with Crippen molar-refractivity contribution in [1.82, 2.24) is 9.88 Å². The Hall–Kier alpha value is -2.79. The van der Waals surface area contributed by atoms with E-state index < -0.39 is 10.0 Å². The Labute approximate surface area is 217 Å². The van der Waals surface area contributed by atoms with Gasteiger partial charge in [0.1, 0.15) is 0 Å². The number of anilines is 2. The third kappa shape index (κ3) is 5.56. The highest BCUT2D eigenvalue weighted by molar-refractivity contribution is 9.10. The van der Waals surface area contributed by atoms with E-state index in [0.29, 0.717) is 29.5 Å². The van der Waals surface area contributed by atoms with Gasteiger partial charge in [-0.05, 0) is 68.7 Å². The summed E-state index contributed by atoms with van der Waals surface area (Å²) in [6, 6.07) is 20.7. The van der Waals surface area contributed by atoms with Gasteiger partial charge in [0.2, 0.25) is 0 Å². The molecule has 0 radical (unpaired) electrons. The Morgan fingerprint density at radius 3 is 2.29 bits per heavy atom.